The van der Waals surface area contributed by atoms with Gasteiger partial charge in [-0.05, 0) is 54.1 Å². The lowest BCUT2D eigenvalue weighted by Gasteiger charge is -2.29. The number of ketones is 1. The molecule has 24 heavy (non-hydrogen) atoms. The van der Waals surface area contributed by atoms with Gasteiger partial charge < -0.3 is 4.74 Å². The van der Waals surface area contributed by atoms with E-state index in [-0.39, 0.29) is 18.3 Å². The van der Waals surface area contributed by atoms with Crippen LogP contribution in [0.4, 0.5) is 0 Å². The zero-order valence-corrected chi connectivity index (χ0v) is 14.8. The van der Waals surface area contributed by atoms with Crippen LogP contribution in [0.15, 0.2) is 47.9 Å². The predicted molar refractivity (Wildman–Crippen MR) is 96.2 cm³/mol. The topological polar surface area (TPSA) is 43.4 Å². The van der Waals surface area contributed by atoms with Gasteiger partial charge in [-0.3, -0.25) is 9.59 Å². The molecule has 1 aliphatic carbocycles. The number of esters is 1. The summed E-state index contributed by atoms with van der Waals surface area (Å²) in [4.78, 5) is 26.1. The second-order valence-corrected chi connectivity index (χ2v) is 7.03. The lowest BCUT2D eigenvalue weighted by Crippen LogP contribution is -2.33. The molecular weight excluding hydrogens is 344 g/mol. The molecule has 0 bridgehead atoms. The molecule has 1 heterocycles. The van der Waals surface area contributed by atoms with Gasteiger partial charge in [0, 0.05) is 15.8 Å². The fraction of sp³-hybridized carbons (Fsp3) is 0.263. The third-order valence-electron chi connectivity index (χ3n) is 4.14. The predicted octanol–water partition coefficient (Wildman–Crippen LogP) is 4.72. The van der Waals surface area contributed by atoms with Crippen LogP contribution in [0.25, 0.3) is 5.57 Å². The van der Waals surface area contributed by atoms with Gasteiger partial charge in [-0.15, -0.1) is 11.3 Å². The molecule has 0 radical (unpaired) electrons. The Morgan fingerprint density at radius 1 is 1.29 bits per heavy atom. The quantitative estimate of drug-likeness (QED) is 0.585. The van der Waals surface area contributed by atoms with E-state index in [4.69, 9.17) is 16.3 Å². The van der Waals surface area contributed by atoms with E-state index in [2.05, 4.69) is 0 Å². The van der Waals surface area contributed by atoms with Crippen LogP contribution in [-0.4, -0.2) is 18.4 Å². The van der Waals surface area contributed by atoms with Crippen molar-refractivity contribution in [2.45, 2.75) is 19.3 Å². The highest BCUT2D eigenvalue weighted by Crippen LogP contribution is 2.41. The Morgan fingerprint density at radius 3 is 2.67 bits per heavy atom. The highest BCUT2D eigenvalue weighted by atomic mass is 35.5. The second-order valence-electron chi connectivity index (χ2n) is 5.64. The van der Waals surface area contributed by atoms with Crippen LogP contribution in [0, 0.1) is 5.92 Å². The van der Waals surface area contributed by atoms with Crippen molar-refractivity contribution in [3.05, 3.63) is 63.3 Å². The summed E-state index contributed by atoms with van der Waals surface area (Å²) in [5.74, 6) is -1.68. The van der Waals surface area contributed by atoms with Gasteiger partial charge in [0.25, 0.3) is 0 Å². The van der Waals surface area contributed by atoms with Crippen LogP contribution in [0.2, 0.25) is 5.02 Å². The molecule has 0 aliphatic heterocycles. The van der Waals surface area contributed by atoms with Crippen LogP contribution < -0.4 is 0 Å². The van der Waals surface area contributed by atoms with E-state index in [1.165, 1.54) is 0 Å². The van der Waals surface area contributed by atoms with Crippen molar-refractivity contribution < 1.29 is 14.3 Å². The summed E-state index contributed by atoms with van der Waals surface area (Å²) in [6, 6.07) is 11.3. The number of ether oxygens (including phenoxy) is 1. The zero-order valence-electron chi connectivity index (χ0n) is 13.2. The monoisotopic (exact) mass is 360 g/mol. The van der Waals surface area contributed by atoms with Crippen molar-refractivity contribution in [1.29, 1.82) is 0 Å². The minimum Gasteiger partial charge on any atom is -0.465 e. The fourth-order valence-corrected chi connectivity index (χ4v) is 3.92. The van der Waals surface area contributed by atoms with Crippen LogP contribution in [0.3, 0.4) is 0 Å². The first kappa shape index (κ1) is 16.9. The number of benzene rings is 1. The standard InChI is InChI=1S/C19H17ClO3S/c1-2-23-19(22)18-15(12-5-7-14(20)8-6-12)10-13(11-16(18)21)17-4-3-9-24-17/h3-9,11,15,18H,2,10H2,1H3. The number of allylic oxidation sites excluding steroid dienone is 2. The van der Waals surface area contributed by atoms with Gasteiger partial charge in [0.15, 0.2) is 5.78 Å². The molecule has 0 saturated carbocycles. The first-order chi connectivity index (χ1) is 11.6. The van der Waals surface area contributed by atoms with Gasteiger partial charge in [0.1, 0.15) is 5.92 Å². The number of rotatable bonds is 4. The van der Waals surface area contributed by atoms with Gasteiger partial charge in [-0.2, -0.15) is 0 Å². The Morgan fingerprint density at radius 2 is 2.04 bits per heavy atom. The molecule has 2 aromatic rings. The Labute approximate surface area is 149 Å². The first-order valence-corrected chi connectivity index (χ1v) is 9.06. The van der Waals surface area contributed by atoms with Gasteiger partial charge in [-0.25, -0.2) is 0 Å². The summed E-state index contributed by atoms with van der Waals surface area (Å²) in [6.07, 6.45) is 2.22. The molecule has 1 aromatic carbocycles. The molecular formula is C19H17ClO3S. The van der Waals surface area contributed by atoms with E-state index in [0.717, 1.165) is 16.0 Å². The van der Waals surface area contributed by atoms with E-state index in [1.54, 1.807) is 36.5 Å². The van der Waals surface area contributed by atoms with Crippen molar-refractivity contribution in [3.8, 4) is 0 Å². The lowest BCUT2D eigenvalue weighted by molar-refractivity contribution is -0.151. The molecule has 2 atom stereocenters. The molecule has 2 unspecified atom stereocenters. The van der Waals surface area contributed by atoms with E-state index in [0.29, 0.717) is 11.4 Å². The largest absolute Gasteiger partial charge is 0.465 e. The highest BCUT2D eigenvalue weighted by molar-refractivity contribution is 7.11. The Bertz CT molecular complexity index is 762. The van der Waals surface area contributed by atoms with Crippen molar-refractivity contribution in [3.63, 3.8) is 0 Å². The van der Waals surface area contributed by atoms with Gasteiger partial charge in [0.2, 0.25) is 0 Å². The van der Waals surface area contributed by atoms with E-state index < -0.39 is 11.9 Å². The number of halogens is 1. The lowest BCUT2D eigenvalue weighted by atomic mass is 9.74. The second kappa shape index (κ2) is 7.32. The van der Waals surface area contributed by atoms with Gasteiger partial charge in [-0.1, -0.05) is 29.8 Å². The minimum absolute atomic E-state index is 0.192. The maximum absolute atomic E-state index is 12.7. The molecule has 0 spiro atoms. The summed E-state index contributed by atoms with van der Waals surface area (Å²) in [6.45, 7) is 2.01. The maximum Gasteiger partial charge on any atom is 0.317 e. The average Bonchev–Trinajstić information content (AvgIpc) is 3.09. The number of carbonyl (C=O) groups is 2. The van der Waals surface area contributed by atoms with Gasteiger partial charge in [0.05, 0.1) is 6.61 Å². The van der Waals surface area contributed by atoms with Crippen molar-refractivity contribution in [2.75, 3.05) is 6.61 Å². The van der Waals surface area contributed by atoms with Crippen LogP contribution in [0.1, 0.15) is 29.7 Å². The highest BCUT2D eigenvalue weighted by Gasteiger charge is 2.39. The molecule has 1 aliphatic rings. The number of hydrogen-bond acceptors (Lipinski definition) is 4. The summed E-state index contributed by atoms with van der Waals surface area (Å²) in [7, 11) is 0. The van der Waals surface area contributed by atoms with E-state index >= 15 is 0 Å². The maximum atomic E-state index is 12.7. The SMILES string of the molecule is CCOC(=O)C1C(=O)C=C(c2cccs2)CC1c1ccc(Cl)cc1. The van der Waals surface area contributed by atoms with Crippen molar-refractivity contribution in [1.82, 2.24) is 0 Å². The third-order valence-corrected chi connectivity index (χ3v) is 5.34. The Kier molecular flexibility index (Phi) is 5.17. The van der Waals surface area contributed by atoms with Crippen LogP contribution in [0.5, 0.6) is 0 Å². The molecule has 0 saturated heterocycles. The van der Waals surface area contributed by atoms with E-state index in [1.807, 2.05) is 29.6 Å². The number of hydrogen-bond donors (Lipinski definition) is 0. The molecule has 1 aromatic heterocycles. The first-order valence-electron chi connectivity index (χ1n) is 7.80. The van der Waals surface area contributed by atoms with Crippen LogP contribution >= 0.6 is 22.9 Å². The summed E-state index contributed by atoms with van der Waals surface area (Å²) in [5, 5.41) is 2.61. The summed E-state index contributed by atoms with van der Waals surface area (Å²) >= 11 is 7.56. The Hall–Kier alpha value is -1.91. The zero-order chi connectivity index (χ0) is 17.1. The summed E-state index contributed by atoms with van der Waals surface area (Å²) < 4.78 is 5.14. The van der Waals surface area contributed by atoms with E-state index in [9.17, 15) is 9.59 Å². The molecule has 3 nitrogen and oxygen atoms in total. The average molecular weight is 361 g/mol. The third kappa shape index (κ3) is 3.45. The smallest absolute Gasteiger partial charge is 0.317 e. The molecule has 0 N–H and O–H groups in total. The van der Waals surface area contributed by atoms with Gasteiger partial charge >= 0.3 is 5.97 Å². The molecule has 3 rings (SSSR count). The molecule has 0 fully saturated rings. The van der Waals surface area contributed by atoms with Crippen molar-refractivity contribution >= 4 is 40.3 Å². The van der Waals surface area contributed by atoms with Crippen LogP contribution in [-0.2, 0) is 14.3 Å². The number of carbonyl (C=O) groups excluding carboxylic acids is 2. The summed E-state index contributed by atoms with van der Waals surface area (Å²) in [5.41, 5.74) is 1.89. The minimum atomic E-state index is -0.796. The molecule has 5 heteroatoms. The Balaban J connectivity index is 2.00. The molecule has 124 valence electrons. The normalized spacial score (nSPS) is 20.6. The number of thiophene rings is 1. The fourth-order valence-electron chi connectivity index (χ4n) is 3.04. The van der Waals surface area contributed by atoms with Crippen molar-refractivity contribution in [2.24, 2.45) is 5.92 Å². The molecule has 0 amide bonds.